The van der Waals surface area contributed by atoms with Crippen molar-refractivity contribution < 1.29 is 52.4 Å². The largest absolute Gasteiger partial charge is 0.494 e. The second-order valence-electron chi connectivity index (χ2n) is 22.7. The van der Waals surface area contributed by atoms with Crippen molar-refractivity contribution in [3.8, 4) is 5.75 Å². The predicted octanol–water partition coefficient (Wildman–Crippen LogP) is 7.04. The highest BCUT2D eigenvalue weighted by molar-refractivity contribution is 5.73. The summed E-state index contributed by atoms with van der Waals surface area (Å²) in [5, 5.41) is 2.81. The van der Waals surface area contributed by atoms with Gasteiger partial charge in [-0.2, -0.15) is 0 Å². The van der Waals surface area contributed by atoms with Crippen LogP contribution in [-0.2, 0) is 49.3 Å². The van der Waals surface area contributed by atoms with E-state index >= 15 is 0 Å². The Morgan fingerprint density at radius 3 is 1.34 bits per heavy atom. The van der Waals surface area contributed by atoms with Crippen LogP contribution in [0.15, 0.2) is 24.3 Å². The average molecular weight is 948 g/mol. The summed E-state index contributed by atoms with van der Waals surface area (Å²) in [4.78, 5) is 73.7. The van der Waals surface area contributed by atoms with Gasteiger partial charge in [0.05, 0.1) is 32.8 Å². The summed E-state index contributed by atoms with van der Waals surface area (Å²) in [5.41, 5.74) is -2.26. The van der Waals surface area contributed by atoms with Crippen molar-refractivity contribution in [3.63, 3.8) is 0 Å². The highest BCUT2D eigenvalue weighted by atomic mass is 16.6. The number of amides is 1. The fourth-order valence-corrected chi connectivity index (χ4v) is 7.26. The van der Waals surface area contributed by atoms with Gasteiger partial charge in [0, 0.05) is 58.4 Å². The van der Waals surface area contributed by atoms with Gasteiger partial charge in [-0.05, 0) is 141 Å². The molecule has 0 unspecified atom stereocenters. The van der Waals surface area contributed by atoms with Crippen LogP contribution in [0.4, 0.5) is 4.79 Å². The van der Waals surface area contributed by atoms with Gasteiger partial charge in [-0.3, -0.25) is 38.8 Å². The van der Waals surface area contributed by atoms with E-state index in [2.05, 4.69) is 10.2 Å². The highest BCUT2D eigenvalue weighted by Crippen LogP contribution is 2.20. The average Bonchev–Trinajstić information content (AvgIpc) is 3.12. The molecule has 1 N–H and O–H groups in total. The van der Waals surface area contributed by atoms with E-state index in [0.717, 1.165) is 43.4 Å². The predicted molar refractivity (Wildman–Crippen MR) is 261 cm³/mol. The van der Waals surface area contributed by atoms with Gasteiger partial charge in [0.1, 0.15) is 33.8 Å². The lowest BCUT2D eigenvalue weighted by molar-refractivity contribution is -0.160. The number of nitrogens with one attached hydrogen (secondary N) is 1. The van der Waals surface area contributed by atoms with Crippen molar-refractivity contribution >= 4 is 30.0 Å². The molecule has 0 saturated carbocycles. The summed E-state index contributed by atoms with van der Waals surface area (Å²) >= 11 is 0. The number of carbonyl (C=O) groups excluding carboxylic acids is 5. The van der Waals surface area contributed by atoms with Crippen LogP contribution in [0.25, 0.3) is 0 Å². The fraction of sp³-hybridized carbons (Fsp3) is 0.784. The van der Waals surface area contributed by atoms with Crippen molar-refractivity contribution in [1.29, 1.82) is 0 Å². The van der Waals surface area contributed by atoms with Gasteiger partial charge in [-0.15, -0.1) is 0 Å². The van der Waals surface area contributed by atoms with Crippen molar-refractivity contribution in [3.05, 3.63) is 29.8 Å². The summed E-state index contributed by atoms with van der Waals surface area (Å²) in [5.74, 6) is -0.747. The Labute approximate surface area is 403 Å². The zero-order valence-electron chi connectivity index (χ0n) is 44.1. The van der Waals surface area contributed by atoms with Crippen LogP contribution in [0.1, 0.15) is 142 Å². The standard InChI is InChI=1S/C51H89N5O11/c1-47(2,3)63-42(57)35-53-26-27-54(36-43(58)64-48(4,5)6)30-31-56(38-45(60)66-50(10,11)12)40(34-55(29-28-53)37-44(59)65-49(7,8)9)33-39-21-23-41(24-22-39)62-32-20-18-16-17-19-25-52-46(61)67-51(13,14)15/h21-24,40H,16-20,25-38H2,1-15H3,(H,52,61)/t40-/m0/s1. The molecule has 1 aliphatic rings. The minimum atomic E-state index is -0.710. The molecule has 16 heteroatoms. The van der Waals surface area contributed by atoms with Crippen molar-refractivity contribution in [2.45, 2.75) is 176 Å². The number of carbonyl (C=O) groups is 5. The second-order valence-corrected chi connectivity index (χ2v) is 22.7. The third-order valence-electron chi connectivity index (χ3n) is 9.88. The minimum absolute atomic E-state index is 0.00512. The summed E-state index contributed by atoms with van der Waals surface area (Å²) in [6, 6.07) is 7.68. The van der Waals surface area contributed by atoms with Crippen LogP contribution in [-0.4, -0.2) is 169 Å². The van der Waals surface area contributed by atoms with Gasteiger partial charge in [0.25, 0.3) is 0 Å². The maximum Gasteiger partial charge on any atom is 0.407 e. The lowest BCUT2D eigenvalue weighted by Gasteiger charge is -2.39. The molecule has 16 nitrogen and oxygen atoms in total. The zero-order valence-corrected chi connectivity index (χ0v) is 44.1. The molecule has 1 heterocycles. The zero-order chi connectivity index (χ0) is 50.6. The van der Waals surface area contributed by atoms with E-state index in [-0.39, 0.29) is 62.2 Å². The molecule has 1 aliphatic heterocycles. The van der Waals surface area contributed by atoms with Crippen LogP contribution in [0.2, 0.25) is 0 Å². The molecule has 1 aromatic rings. The number of hydrogen-bond acceptors (Lipinski definition) is 15. The van der Waals surface area contributed by atoms with Crippen LogP contribution in [0, 0.1) is 0 Å². The highest BCUT2D eigenvalue weighted by Gasteiger charge is 2.31. The Kier molecular flexibility index (Phi) is 24.1. The summed E-state index contributed by atoms with van der Waals surface area (Å²) < 4.78 is 34.5. The van der Waals surface area contributed by atoms with Gasteiger partial charge in [-0.25, -0.2) is 4.79 Å². The molecule has 0 radical (unpaired) electrons. The molecule has 67 heavy (non-hydrogen) atoms. The molecule has 0 aromatic heterocycles. The van der Waals surface area contributed by atoms with Gasteiger partial charge in [0.2, 0.25) is 0 Å². The molecule has 1 aromatic carbocycles. The van der Waals surface area contributed by atoms with Crippen LogP contribution < -0.4 is 10.1 Å². The smallest absolute Gasteiger partial charge is 0.407 e. The van der Waals surface area contributed by atoms with E-state index in [1.807, 2.05) is 143 Å². The molecule has 1 fully saturated rings. The first kappa shape index (κ1) is 59.1. The van der Waals surface area contributed by atoms with E-state index in [4.69, 9.17) is 28.4 Å². The molecule has 1 saturated heterocycles. The number of ether oxygens (including phenoxy) is 6. The van der Waals surface area contributed by atoms with E-state index in [1.54, 1.807) is 0 Å². The lowest BCUT2D eigenvalue weighted by atomic mass is 10.0. The first-order chi connectivity index (χ1) is 30.8. The molecule has 384 valence electrons. The topological polar surface area (TPSA) is 166 Å². The number of rotatable bonds is 19. The number of unbranched alkanes of at least 4 members (excludes halogenated alkanes) is 4. The first-order valence-electron chi connectivity index (χ1n) is 24.3. The molecular formula is C51H89N5O11. The lowest BCUT2D eigenvalue weighted by Crippen LogP contribution is -2.54. The quantitative estimate of drug-likeness (QED) is 0.0852. The minimum Gasteiger partial charge on any atom is -0.494 e. The summed E-state index contributed by atoms with van der Waals surface area (Å²) in [6.07, 6.45) is 4.95. The van der Waals surface area contributed by atoms with Gasteiger partial charge < -0.3 is 33.7 Å². The van der Waals surface area contributed by atoms with Crippen molar-refractivity contribution in [1.82, 2.24) is 24.9 Å². The number of esters is 4. The van der Waals surface area contributed by atoms with E-state index in [9.17, 15) is 24.0 Å². The molecule has 0 aliphatic carbocycles. The number of hydrogen-bond donors (Lipinski definition) is 1. The SMILES string of the molecule is CC(C)(C)OC(=O)CN1CCN(CC(=O)OC(C)(C)C)CCN(CC(=O)OC(C)(C)C)[C@@H](Cc2ccc(OCCCCCCCNC(=O)OC(C)(C)C)cc2)CN(CC(=O)OC(C)(C)C)CC1. The maximum atomic E-state index is 13.7. The third kappa shape index (κ3) is 30.2. The monoisotopic (exact) mass is 948 g/mol. The van der Waals surface area contributed by atoms with Crippen LogP contribution in [0.3, 0.4) is 0 Å². The Morgan fingerprint density at radius 2 is 0.881 bits per heavy atom. The Morgan fingerprint density at radius 1 is 0.493 bits per heavy atom. The Hall–Kier alpha value is -3.99. The molecule has 2 rings (SSSR count). The molecule has 1 amide bonds. The van der Waals surface area contributed by atoms with Gasteiger partial charge in [-0.1, -0.05) is 31.4 Å². The van der Waals surface area contributed by atoms with E-state index in [0.29, 0.717) is 65.4 Å². The normalized spacial score (nSPS) is 17.1. The number of nitrogens with zero attached hydrogens (tertiary/aromatic N) is 4. The van der Waals surface area contributed by atoms with Crippen LogP contribution in [0.5, 0.6) is 5.75 Å². The van der Waals surface area contributed by atoms with Gasteiger partial charge >= 0.3 is 30.0 Å². The van der Waals surface area contributed by atoms with Gasteiger partial charge in [0.15, 0.2) is 0 Å². The summed E-state index contributed by atoms with van der Waals surface area (Å²) in [6.45, 7) is 31.6. The molecule has 0 bridgehead atoms. The second kappa shape index (κ2) is 27.3. The molecule has 0 spiro atoms. The Balaban J connectivity index is 2.39. The fourth-order valence-electron chi connectivity index (χ4n) is 7.26. The molecular weight excluding hydrogens is 859 g/mol. The number of alkyl carbamates (subject to hydrolysis) is 1. The number of benzene rings is 1. The van der Waals surface area contributed by atoms with Crippen molar-refractivity contribution in [2.24, 2.45) is 0 Å². The third-order valence-corrected chi connectivity index (χ3v) is 9.88. The van der Waals surface area contributed by atoms with Crippen LogP contribution >= 0.6 is 0 Å². The Bertz CT molecular complexity index is 1670. The first-order valence-corrected chi connectivity index (χ1v) is 24.3. The van der Waals surface area contributed by atoms with Crippen molar-refractivity contribution in [2.75, 3.05) is 85.1 Å². The molecule has 1 atom stereocenters. The van der Waals surface area contributed by atoms with E-state index in [1.165, 1.54) is 0 Å². The maximum absolute atomic E-state index is 13.7. The van der Waals surface area contributed by atoms with E-state index < -0.39 is 28.0 Å². The summed E-state index contributed by atoms with van der Waals surface area (Å²) in [7, 11) is 0.